The minimum Gasteiger partial charge on any atom is -0.481 e. The number of aliphatic carboxylic acids is 3. The molecule has 0 aromatic heterocycles. The van der Waals surface area contributed by atoms with E-state index in [1.807, 2.05) is 0 Å². The molecule has 0 bridgehead atoms. The molecule has 0 rings (SSSR count). The van der Waals surface area contributed by atoms with Gasteiger partial charge in [0.25, 0.3) is 0 Å². The molecular weight excluding hydrogens is 276 g/mol. The van der Waals surface area contributed by atoms with Crippen LogP contribution in [0, 0.1) is 0 Å². The van der Waals surface area contributed by atoms with E-state index in [0.29, 0.717) is 0 Å². The van der Waals surface area contributed by atoms with Crippen molar-refractivity contribution in [2.24, 2.45) is 11.5 Å². The molecule has 0 aliphatic rings. The van der Waals surface area contributed by atoms with Crippen LogP contribution < -0.4 is 11.5 Å². The third kappa shape index (κ3) is 13.6. The Morgan fingerprint density at radius 3 is 1.70 bits per heavy atom. The van der Waals surface area contributed by atoms with Crippen LogP contribution in [-0.2, 0) is 24.0 Å². The number of amides is 1. The number of rotatable bonds is 8. The van der Waals surface area contributed by atoms with Crippen molar-refractivity contribution in [3.05, 3.63) is 0 Å². The van der Waals surface area contributed by atoms with Gasteiger partial charge in [0.1, 0.15) is 6.04 Å². The molecule has 1 atom stereocenters. The maximum atomic E-state index is 10.2. The van der Waals surface area contributed by atoms with E-state index in [2.05, 4.69) is 0 Å². The lowest BCUT2D eigenvalue weighted by molar-refractivity contribution is -0.149. The fourth-order valence-corrected chi connectivity index (χ4v) is 0.749. The Balaban J connectivity index is 0. The van der Waals surface area contributed by atoms with E-state index in [9.17, 15) is 24.0 Å². The van der Waals surface area contributed by atoms with E-state index in [4.69, 9.17) is 26.8 Å². The Bertz CT molecular complexity index is 393. The number of hydrogen-bond acceptors (Lipinski definition) is 6. The quantitative estimate of drug-likeness (QED) is 0.319. The summed E-state index contributed by atoms with van der Waals surface area (Å²) in [5.74, 6) is -5.46. The van der Waals surface area contributed by atoms with E-state index in [1.54, 1.807) is 0 Å². The van der Waals surface area contributed by atoms with Crippen LogP contribution in [0.5, 0.6) is 0 Å². The number of nitrogens with two attached hydrogens (primary N) is 2. The summed E-state index contributed by atoms with van der Waals surface area (Å²) in [4.78, 5) is 49.9. The zero-order chi connectivity index (χ0) is 16.3. The van der Waals surface area contributed by atoms with E-state index < -0.39 is 48.5 Å². The molecule has 0 heterocycles. The van der Waals surface area contributed by atoms with Gasteiger partial charge in [0.15, 0.2) is 0 Å². The first-order valence-electron chi connectivity index (χ1n) is 5.32. The molecule has 10 nitrogen and oxygen atoms in total. The van der Waals surface area contributed by atoms with E-state index in [-0.39, 0.29) is 12.8 Å². The molecular formula is C10H16N2O8. The summed E-state index contributed by atoms with van der Waals surface area (Å²) < 4.78 is 0. The van der Waals surface area contributed by atoms with Crippen molar-refractivity contribution in [2.75, 3.05) is 0 Å². The molecule has 20 heavy (non-hydrogen) atoms. The Morgan fingerprint density at radius 1 is 0.900 bits per heavy atom. The van der Waals surface area contributed by atoms with Crippen molar-refractivity contribution in [3.8, 4) is 0 Å². The second-order valence-electron chi connectivity index (χ2n) is 3.57. The molecule has 0 aliphatic heterocycles. The van der Waals surface area contributed by atoms with Crippen molar-refractivity contribution in [2.45, 2.75) is 31.7 Å². The van der Waals surface area contributed by atoms with Gasteiger partial charge < -0.3 is 26.8 Å². The van der Waals surface area contributed by atoms with E-state index in [1.165, 1.54) is 0 Å². The predicted octanol–water partition coefficient (Wildman–Crippen LogP) is -1.83. The average molecular weight is 292 g/mol. The molecule has 0 aromatic rings. The largest absolute Gasteiger partial charge is 0.481 e. The third-order valence-corrected chi connectivity index (χ3v) is 1.82. The number of carbonyl (C=O) groups is 5. The van der Waals surface area contributed by atoms with Crippen LogP contribution in [0.15, 0.2) is 0 Å². The Hall–Kier alpha value is -2.49. The first kappa shape index (κ1) is 19.8. The highest BCUT2D eigenvalue weighted by Gasteiger charge is 2.12. The molecule has 0 spiro atoms. The lowest BCUT2D eigenvalue weighted by Gasteiger charge is -2.01. The fraction of sp³-hybridized carbons (Fsp3) is 0.500. The van der Waals surface area contributed by atoms with Crippen LogP contribution in [0.3, 0.4) is 0 Å². The number of primary amides is 1. The number of carboxylic acids is 3. The third-order valence-electron chi connectivity index (χ3n) is 1.82. The zero-order valence-electron chi connectivity index (χ0n) is 10.4. The van der Waals surface area contributed by atoms with Gasteiger partial charge in [-0.2, -0.15) is 0 Å². The maximum Gasteiger partial charge on any atom is 0.372 e. The van der Waals surface area contributed by atoms with Crippen LogP contribution in [0.4, 0.5) is 0 Å². The lowest BCUT2D eigenvalue weighted by atomic mass is 10.2. The summed E-state index contributed by atoms with van der Waals surface area (Å²) in [6.45, 7) is 0. The Labute approximate surface area is 113 Å². The lowest BCUT2D eigenvalue weighted by Crippen LogP contribution is -2.31. The first-order chi connectivity index (χ1) is 9.07. The standard InChI is InChI=1S/C5H10N2O3.C5H6O5/c2*6-3(5(9)10)1-2-4(7)8/h3H,1-2,6H2,(H2,7,8)(H,9,10);1-2H2,(H,7,8)(H,9,10). The van der Waals surface area contributed by atoms with Crippen LogP contribution in [-0.4, -0.2) is 51.0 Å². The van der Waals surface area contributed by atoms with Gasteiger partial charge in [-0.05, 0) is 6.42 Å². The molecule has 1 unspecified atom stereocenters. The zero-order valence-corrected chi connectivity index (χ0v) is 10.4. The number of hydrogen-bond donors (Lipinski definition) is 5. The van der Waals surface area contributed by atoms with Gasteiger partial charge >= 0.3 is 17.9 Å². The minimum atomic E-state index is -1.58. The summed E-state index contributed by atoms with van der Waals surface area (Å²) in [5.41, 5.74) is 9.81. The van der Waals surface area contributed by atoms with Gasteiger partial charge in [0.05, 0.1) is 6.42 Å². The molecule has 7 N–H and O–H groups in total. The van der Waals surface area contributed by atoms with Crippen LogP contribution >= 0.6 is 0 Å². The number of carbonyl (C=O) groups excluding carboxylic acids is 2. The number of ketones is 1. The van der Waals surface area contributed by atoms with Crippen molar-refractivity contribution in [3.63, 3.8) is 0 Å². The molecule has 0 saturated heterocycles. The Morgan fingerprint density at radius 2 is 1.40 bits per heavy atom. The van der Waals surface area contributed by atoms with Crippen LogP contribution in [0.1, 0.15) is 25.7 Å². The summed E-state index contributed by atoms with van der Waals surface area (Å²) in [6, 6.07) is -0.979. The highest BCUT2D eigenvalue weighted by molar-refractivity contribution is 6.32. The first-order valence-corrected chi connectivity index (χ1v) is 5.32. The van der Waals surface area contributed by atoms with Gasteiger partial charge in [0.2, 0.25) is 11.7 Å². The van der Waals surface area contributed by atoms with Crippen molar-refractivity contribution in [1.29, 1.82) is 0 Å². The van der Waals surface area contributed by atoms with Crippen molar-refractivity contribution < 1.29 is 39.3 Å². The summed E-state index contributed by atoms with van der Waals surface area (Å²) >= 11 is 0. The average Bonchev–Trinajstić information content (AvgIpc) is 2.33. The fourth-order valence-electron chi connectivity index (χ4n) is 0.749. The topological polar surface area (TPSA) is 198 Å². The minimum absolute atomic E-state index is 0.0213. The van der Waals surface area contributed by atoms with Crippen molar-refractivity contribution in [1.82, 2.24) is 0 Å². The second kappa shape index (κ2) is 10.4. The highest BCUT2D eigenvalue weighted by atomic mass is 16.4. The maximum absolute atomic E-state index is 10.2. The van der Waals surface area contributed by atoms with Crippen molar-refractivity contribution >= 4 is 29.6 Å². The van der Waals surface area contributed by atoms with E-state index in [0.717, 1.165) is 0 Å². The second-order valence-corrected chi connectivity index (χ2v) is 3.57. The highest BCUT2D eigenvalue weighted by Crippen LogP contribution is 1.92. The number of Topliss-reactive ketones (excluding diaryl/α,β-unsaturated/α-hetero) is 1. The molecule has 0 saturated carbocycles. The molecule has 1 amide bonds. The SMILES string of the molecule is NC(=O)CCC(N)C(=O)O.O=C(O)CCC(=O)C(=O)O. The number of carboxylic acid groups (broad SMARTS) is 3. The summed E-state index contributed by atoms with van der Waals surface area (Å²) in [6.07, 6.45) is -0.742. The van der Waals surface area contributed by atoms with Gasteiger partial charge in [-0.3, -0.25) is 19.2 Å². The van der Waals surface area contributed by atoms with E-state index >= 15 is 0 Å². The van der Waals surface area contributed by atoms with Gasteiger partial charge in [0, 0.05) is 12.8 Å². The molecule has 0 fully saturated rings. The predicted molar refractivity (Wildman–Crippen MR) is 63.6 cm³/mol. The van der Waals surface area contributed by atoms with Gasteiger partial charge in [-0.15, -0.1) is 0 Å². The smallest absolute Gasteiger partial charge is 0.372 e. The molecule has 114 valence electrons. The normalized spacial score (nSPS) is 10.7. The molecule has 0 aliphatic carbocycles. The molecule has 10 heteroatoms. The molecule has 0 aromatic carbocycles. The summed E-state index contributed by atoms with van der Waals surface area (Å²) in [7, 11) is 0. The monoisotopic (exact) mass is 292 g/mol. The Kier molecular flexibility index (Phi) is 10.4. The van der Waals surface area contributed by atoms with Crippen LogP contribution in [0.2, 0.25) is 0 Å². The van der Waals surface area contributed by atoms with Gasteiger partial charge in [-0.25, -0.2) is 4.79 Å². The summed E-state index contributed by atoms with van der Waals surface area (Å²) in [5, 5.41) is 24.2. The van der Waals surface area contributed by atoms with Crippen LogP contribution in [0.25, 0.3) is 0 Å². The molecule has 0 radical (unpaired) electrons. The van der Waals surface area contributed by atoms with Gasteiger partial charge in [-0.1, -0.05) is 0 Å².